The summed E-state index contributed by atoms with van der Waals surface area (Å²) in [5.74, 6) is 1.43. The number of carbonyl (C=O) groups excluding carboxylic acids is 2. The molecule has 2 aromatic carbocycles. The molecule has 11 heteroatoms. The molecule has 5 heterocycles. The van der Waals surface area contributed by atoms with Gasteiger partial charge in [0.25, 0.3) is 0 Å². The van der Waals surface area contributed by atoms with Gasteiger partial charge in [0.05, 0.1) is 35.9 Å². The Bertz CT molecular complexity index is 1960. The van der Waals surface area contributed by atoms with Crippen molar-refractivity contribution in [2.45, 2.75) is 90.5 Å². The third-order valence-corrected chi connectivity index (χ3v) is 8.69. The van der Waals surface area contributed by atoms with Gasteiger partial charge in [-0.1, -0.05) is 18.2 Å². The predicted octanol–water partition coefficient (Wildman–Crippen LogP) is 8.51. The first-order valence-electron chi connectivity index (χ1n) is 16.4. The molecule has 2 fully saturated rings. The van der Waals surface area contributed by atoms with Crippen LogP contribution >= 0.6 is 0 Å². The van der Waals surface area contributed by atoms with E-state index >= 15 is 0 Å². The van der Waals surface area contributed by atoms with Gasteiger partial charge < -0.3 is 23.9 Å². The first-order valence-corrected chi connectivity index (χ1v) is 16.4. The van der Waals surface area contributed by atoms with Gasteiger partial charge in [0.15, 0.2) is 0 Å². The highest BCUT2D eigenvalue weighted by atomic mass is 16.6. The van der Waals surface area contributed by atoms with Crippen LogP contribution in [0.15, 0.2) is 53.2 Å². The monoisotopic (exact) mass is 638 g/mol. The maximum atomic E-state index is 13.1. The van der Waals surface area contributed by atoms with E-state index in [0.29, 0.717) is 18.9 Å². The number of hydrogen-bond donors (Lipinski definition) is 2. The Kier molecular flexibility index (Phi) is 7.52. The number of para-hydroxylation sites is 1. The lowest BCUT2D eigenvalue weighted by atomic mass is 9.96. The van der Waals surface area contributed by atoms with E-state index < -0.39 is 11.2 Å². The predicted molar refractivity (Wildman–Crippen MR) is 179 cm³/mol. The number of imidazole rings is 2. The Morgan fingerprint density at radius 1 is 0.766 bits per heavy atom. The largest absolute Gasteiger partial charge is 0.456 e. The highest BCUT2D eigenvalue weighted by molar-refractivity contribution is 6.15. The molecular formula is C36H42N6O5. The second-order valence-electron chi connectivity index (χ2n) is 14.5. The van der Waals surface area contributed by atoms with Gasteiger partial charge >= 0.3 is 12.2 Å². The lowest BCUT2D eigenvalue weighted by molar-refractivity contribution is 0.0208. The van der Waals surface area contributed by atoms with E-state index in [0.717, 1.165) is 76.0 Å². The van der Waals surface area contributed by atoms with Crippen LogP contribution < -0.4 is 0 Å². The topological polar surface area (TPSA) is 130 Å². The fourth-order valence-corrected chi connectivity index (χ4v) is 6.78. The minimum absolute atomic E-state index is 0.208. The smallest absolute Gasteiger partial charge is 0.410 e. The number of aromatic amines is 2. The average molecular weight is 639 g/mol. The van der Waals surface area contributed by atoms with E-state index in [1.807, 2.05) is 84.3 Å². The molecule has 246 valence electrons. The van der Waals surface area contributed by atoms with Crippen molar-refractivity contribution in [3.63, 3.8) is 0 Å². The van der Waals surface area contributed by atoms with Crippen molar-refractivity contribution >= 4 is 34.1 Å². The molecule has 2 aliphatic rings. The maximum absolute atomic E-state index is 13.1. The molecule has 2 N–H and O–H groups in total. The van der Waals surface area contributed by atoms with Gasteiger partial charge in [0, 0.05) is 35.0 Å². The molecule has 7 rings (SSSR count). The number of ether oxygens (including phenoxy) is 2. The molecule has 5 aromatic rings. The van der Waals surface area contributed by atoms with Crippen molar-refractivity contribution in [1.82, 2.24) is 29.7 Å². The quantitative estimate of drug-likeness (QED) is 0.202. The van der Waals surface area contributed by atoms with Gasteiger partial charge in [-0.25, -0.2) is 19.6 Å². The Labute approximate surface area is 273 Å². The van der Waals surface area contributed by atoms with Crippen LogP contribution in [0.3, 0.4) is 0 Å². The van der Waals surface area contributed by atoms with Crippen molar-refractivity contribution in [2.24, 2.45) is 0 Å². The van der Waals surface area contributed by atoms with E-state index in [9.17, 15) is 9.59 Å². The molecule has 0 aliphatic carbocycles. The summed E-state index contributed by atoms with van der Waals surface area (Å²) in [5, 5.41) is 1.94. The molecular weight excluding hydrogens is 596 g/mol. The second-order valence-corrected chi connectivity index (χ2v) is 14.5. The lowest BCUT2D eigenvalue weighted by Gasteiger charge is -2.27. The van der Waals surface area contributed by atoms with Crippen LogP contribution in [0, 0.1) is 0 Å². The SMILES string of the molecule is CC(C)(C)OC(=O)N1CCCC1c1ncc(-c2ccc3oc4ccccc4c3c2-c2cnc(C3CCCN3C(=O)OC(C)(C)C)[nH]2)[nH]1. The number of rotatable bonds is 4. The number of likely N-dealkylation sites (tertiary alicyclic amines) is 2. The molecule has 2 saturated heterocycles. The zero-order chi connectivity index (χ0) is 33.1. The fourth-order valence-electron chi connectivity index (χ4n) is 6.78. The van der Waals surface area contributed by atoms with Crippen molar-refractivity contribution in [3.05, 3.63) is 60.4 Å². The van der Waals surface area contributed by atoms with E-state index in [2.05, 4.69) is 16.0 Å². The van der Waals surface area contributed by atoms with E-state index in [4.69, 9.17) is 23.9 Å². The lowest BCUT2D eigenvalue weighted by Crippen LogP contribution is -2.36. The van der Waals surface area contributed by atoms with Gasteiger partial charge in [-0.15, -0.1) is 0 Å². The molecule has 2 aliphatic heterocycles. The van der Waals surface area contributed by atoms with Crippen LogP contribution in [0.5, 0.6) is 0 Å². The van der Waals surface area contributed by atoms with Crippen molar-refractivity contribution in [3.8, 4) is 22.5 Å². The van der Waals surface area contributed by atoms with Crippen molar-refractivity contribution in [2.75, 3.05) is 13.1 Å². The van der Waals surface area contributed by atoms with Crippen LogP contribution in [-0.2, 0) is 9.47 Å². The first kappa shape index (κ1) is 30.8. The summed E-state index contributed by atoms with van der Waals surface area (Å²) in [5.41, 5.74) is 3.81. The summed E-state index contributed by atoms with van der Waals surface area (Å²) < 4.78 is 17.7. The molecule has 2 unspecified atom stereocenters. The van der Waals surface area contributed by atoms with Crippen LogP contribution in [0.25, 0.3) is 44.5 Å². The molecule has 0 bridgehead atoms. The summed E-state index contributed by atoms with van der Waals surface area (Å²) in [6, 6.07) is 11.6. The van der Waals surface area contributed by atoms with Crippen LogP contribution in [0.1, 0.15) is 91.0 Å². The van der Waals surface area contributed by atoms with Gasteiger partial charge in [-0.2, -0.15) is 0 Å². The Hall–Kier alpha value is -4.80. The summed E-state index contributed by atoms with van der Waals surface area (Å²) in [6.45, 7) is 12.5. The Morgan fingerprint density at radius 3 is 1.91 bits per heavy atom. The number of nitrogens with zero attached hydrogens (tertiary/aromatic N) is 4. The molecule has 11 nitrogen and oxygen atoms in total. The van der Waals surface area contributed by atoms with Gasteiger partial charge in [0.2, 0.25) is 0 Å². The molecule has 0 spiro atoms. The third-order valence-electron chi connectivity index (χ3n) is 8.69. The van der Waals surface area contributed by atoms with E-state index in [1.165, 1.54) is 0 Å². The third kappa shape index (κ3) is 5.94. The summed E-state index contributed by atoms with van der Waals surface area (Å²) in [4.78, 5) is 46.4. The number of benzene rings is 2. The summed E-state index contributed by atoms with van der Waals surface area (Å²) >= 11 is 0. The number of fused-ring (bicyclic) bond motifs is 3. The molecule has 2 amide bonds. The zero-order valence-electron chi connectivity index (χ0n) is 27.8. The first-order chi connectivity index (χ1) is 22.4. The molecule has 0 radical (unpaired) electrons. The van der Waals surface area contributed by atoms with Crippen LogP contribution in [0.4, 0.5) is 9.59 Å². The zero-order valence-corrected chi connectivity index (χ0v) is 27.8. The number of amides is 2. The number of H-pyrrole nitrogens is 2. The van der Waals surface area contributed by atoms with Crippen molar-refractivity contribution in [1.29, 1.82) is 0 Å². The van der Waals surface area contributed by atoms with E-state index in [-0.39, 0.29) is 24.3 Å². The number of carbonyl (C=O) groups is 2. The Morgan fingerprint density at radius 2 is 1.32 bits per heavy atom. The average Bonchev–Trinajstić information content (AvgIpc) is 3.83. The standard InChI is InChI=1S/C36H42N6O5/c1-35(2,3)46-33(43)41-17-9-12-25(41)31-37-19-23(39-31)21-15-16-28-30(22-11-7-8-14-27(22)45-28)29(21)24-20-38-32(40-24)26-13-10-18-42(26)34(44)47-36(4,5)6/h7-8,11,14-16,19-20,25-26H,9-10,12-13,17-18H2,1-6H3,(H,37,39)(H,38,40). The Balaban J connectivity index is 1.29. The number of nitrogens with one attached hydrogen (secondary N) is 2. The maximum Gasteiger partial charge on any atom is 0.410 e. The van der Waals surface area contributed by atoms with E-state index in [1.54, 1.807) is 9.80 Å². The van der Waals surface area contributed by atoms with Gasteiger partial charge in [0.1, 0.15) is 34.0 Å². The fraction of sp³-hybridized carbons (Fsp3) is 0.444. The summed E-state index contributed by atoms with van der Waals surface area (Å²) in [6.07, 6.45) is 6.32. The molecule has 47 heavy (non-hydrogen) atoms. The molecule has 3 aromatic heterocycles. The van der Waals surface area contributed by atoms with Gasteiger partial charge in [-0.3, -0.25) is 9.80 Å². The minimum Gasteiger partial charge on any atom is -0.456 e. The highest BCUT2D eigenvalue weighted by Crippen LogP contribution is 2.43. The van der Waals surface area contributed by atoms with Crippen LogP contribution in [-0.4, -0.2) is 66.2 Å². The highest BCUT2D eigenvalue weighted by Gasteiger charge is 2.37. The summed E-state index contributed by atoms with van der Waals surface area (Å²) in [7, 11) is 0. The number of aromatic nitrogens is 4. The van der Waals surface area contributed by atoms with Crippen molar-refractivity contribution < 1.29 is 23.5 Å². The minimum atomic E-state index is -0.587. The number of furan rings is 1. The second kappa shape index (κ2) is 11.5. The van der Waals surface area contributed by atoms with Gasteiger partial charge in [-0.05, 0) is 85.4 Å². The molecule has 0 saturated carbocycles. The normalized spacial score (nSPS) is 18.9. The van der Waals surface area contributed by atoms with Crippen LogP contribution in [0.2, 0.25) is 0 Å². The molecule has 2 atom stereocenters. The number of hydrogen-bond acceptors (Lipinski definition) is 7.